The predicted molar refractivity (Wildman–Crippen MR) is 100 cm³/mol. The second-order valence-corrected chi connectivity index (χ2v) is 5.66. The zero-order valence-electron chi connectivity index (χ0n) is 12.8. The van der Waals surface area contributed by atoms with Gasteiger partial charge in [0, 0.05) is 31.2 Å². The van der Waals surface area contributed by atoms with E-state index in [0.29, 0.717) is 0 Å². The van der Waals surface area contributed by atoms with E-state index in [1.807, 2.05) is 42.6 Å². The first kappa shape index (κ1) is 20.4. The van der Waals surface area contributed by atoms with E-state index in [9.17, 15) is 0 Å². The Kier molecular flexibility index (Phi) is 9.33. The van der Waals surface area contributed by atoms with E-state index >= 15 is 0 Å². The maximum atomic E-state index is 4.09. The van der Waals surface area contributed by atoms with Gasteiger partial charge in [0.05, 0.1) is 5.69 Å². The van der Waals surface area contributed by atoms with Gasteiger partial charge in [0.15, 0.2) is 0 Å². The van der Waals surface area contributed by atoms with Gasteiger partial charge in [-0.25, -0.2) is 0 Å². The third kappa shape index (κ3) is 5.76. The zero-order chi connectivity index (χ0) is 15.0. The van der Waals surface area contributed by atoms with Crippen LogP contribution in [0.4, 0.5) is 0 Å². The van der Waals surface area contributed by atoms with Crippen LogP contribution in [0.1, 0.15) is 5.56 Å². The molecule has 0 amide bonds. The Labute approximate surface area is 157 Å². The van der Waals surface area contributed by atoms with Gasteiger partial charge in [0.2, 0.25) is 5.16 Å². The van der Waals surface area contributed by atoms with Crippen molar-refractivity contribution in [3.8, 4) is 5.69 Å². The molecule has 3 rings (SSSR count). The number of tetrazole rings is 1. The first-order valence-corrected chi connectivity index (χ1v) is 7.98. The number of hydrogen-bond donors (Lipinski definition) is 1. The van der Waals surface area contributed by atoms with Crippen molar-refractivity contribution in [2.24, 2.45) is 0 Å². The molecule has 9 heteroatoms. The Morgan fingerprint density at radius 2 is 1.88 bits per heavy atom. The molecule has 2 heterocycles. The molecule has 0 spiro atoms. The number of aromatic nitrogens is 5. The maximum Gasteiger partial charge on any atom is 0.214 e. The van der Waals surface area contributed by atoms with Crippen LogP contribution in [0.25, 0.3) is 5.69 Å². The van der Waals surface area contributed by atoms with Crippen molar-refractivity contribution in [1.29, 1.82) is 0 Å². The van der Waals surface area contributed by atoms with Gasteiger partial charge < -0.3 is 5.32 Å². The third-order valence-electron chi connectivity index (χ3n) is 3.00. The van der Waals surface area contributed by atoms with Gasteiger partial charge in [-0.15, -0.1) is 29.9 Å². The minimum absolute atomic E-state index is 0. The number of rotatable bonds is 7. The lowest BCUT2D eigenvalue weighted by Gasteiger charge is -2.05. The fourth-order valence-corrected chi connectivity index (χ4v) is 2.74. The highest BCUT2D eigenvalue weighted by molar-refractivity contribution is 7.99. The average Bonchev–Trinajstić information content (AvgIpc) is 3.05. The van der Waals surface area contributed by atoms with Crippen LogP contribution >= 0.6 is 36.6 Å². The van der Waals surface area contributed by atoms with E-state index in [1.54, 1.807) is 22.6 Å². The Bertz CT molecular complexity index is 695. The number of benzene rings is 1. The summed E-state index contributed by atoms with van der Waals surface area (Å²) in [6.45, 7) is 1.69. The summed E-state index contributed by atoms with van der Waals surface area (Å²) in [4.78, 5) is 4.09. The molecule has 6 nitrogen and oxygen atoms in total. The van der Waals surface area contributed by atoms with E-state index in [-0.39, 0.29) is 24.8 Å². The minimum atomic E-state index is 0. The molecule has 0 unspecified atom stereocenters. The zero-order valence-corrected chi connectivity index (χ0v) is 15.2. The Morgan fingerprint density at radius 1 is 1.04 bits per heavy atom. The first-order chi connectivity index (χ1) is 10.9. The molecule has 3 aromatic rings. The van der Waals surface area contributed by atoms with Crippen molar-refractivity contribution in [1.82, 2.24) is 30.5 Å². The molecule has 0 saturated heterocycles. The predicted octanol–water partition coefficient (Wildman–Crippen LogP) is 2.78. The summed E-state index contributed by atoms with van der Waals surface area (Å²) in [6.07, 6.45) is 3.65. The van der Waals surface area contributed by atoms with Gasteiger partial charge in [-0.2, -0.15) is 4.68 Å². The summed E-state index contributed by atoms with van der Waals surface area (Å²) in [5, 5.41) is 16.1. The molecule has 0 bridgehead atoms. The molecular formula is C15H18Cl2N6S. The van der Waals surface area contributed by atoms with E-state index in [0.717, 1.165) is 29.7 Å². The van der Waals surface area contributed by atoms with Crippen LogP contribution in [0, 0.1) is 0 Å². The summed E-state index contributed by atoms with van der Waals surface area (Å²) in [5.74, 6) is 0.896. The highest BCUT2D eigenvalue weighted by Gasteiger charge is 2.07. The second kappa shape index (κ2) is 11.0. The molecular weight excluding hydrogens is 367 g/mol. The molecule has 0 atom stereocenters. The minimum Gasteiger partial charge on any atom is -0.312 e. The molecule has 0 aliphatic carbocycles. The number of para-hydroxylation sites is 1. The summed E-state index contributed by atoms with van der Waals surface area (Å²) in [5.41, 5.74) is 2.15. The lowest BCUT2D eigenvalue weighted by Crippen LogP contribution is -2.16. The summed E-state index contributed by atoms with van der Waals surface area (Å²) < 4.78 is 1.76. The van der Waals surface area contributed by atoms with E-state index in [4.69, 9.17) is 0 Å². The quantitative estimate of drug-likeness (QED) is 0.498. The number of nitrogens with zero attached hydrogens (tertiary/aromatic N) is 5. The molecule has 0 aliphatic rings. The SMILES string of the molecule is Cl.Cl.c1ccc(-n2nnnc2SCCNCc2cccnc2)cc1. The van der Waals surface area contributed by atoms with Crippen molar-refractivity contribution >= 4 is 36.6 Å². The van der Waals surface area contributed by atoms with E-state index in [2.05, 4.69) is 31.9 Å². The normalized spacial score (nSPS) is 9.83. The largest absolute Gasteiger partial charge is 0.312 e. The highest BCUT2D eigenvalue weighted by atomic mass is 35.5. The Balaban J connectivity index is 0.00000144. The molecule has 1 aromatic carbocycles. The van der Waals surface area contributed by atoms with Gasteiger partial charge in [0.25, 0.3) is 0 Å². The monoisotopic (exact) mass is 384 g/mol. The highest BCUT2D eigenvalue weighted by Crippen LogP contribution is 2.17. The topological polar surface area (TPSA) is 68.5 Å². The van der Waals surface area contributed by atoms with Crippen molar-refractivity contribution < 1.29 is 0 Å². The number of hydrogen-bond acceptors (Lipinski definition) is 6. The van der Waals surface area contributed by atoms with Gasteiger partial charge in [-0.3, -0.25) is 4.98 Å². The second-order valence-electron chi connectivity index (χ2n) is 4.60. The van der Waals surface area contributed by atoms with Crippen LogP contribution in [-0.4, -0.2) is 37.5 Å². The molecule has 24 heavy (non-hydrogen) atoms. The molecule has 0 aliphatic heterocycles. The lowest BCUT2D eigenvalue weighted by atomic mass is 10.3. The van der Waals surface area contributed by atoms with Crippen molar-refractivity contribution in [3.63, 3.8) is 0 Å². The van der Waals surface area contributed by atoms with Gasteiger partial charge in [-0.1, -0.05) is 36.0 Å². The van der Waals surface area contributed by atoms with Crippen LogP contribution in [0.3, 0.4) is 0 Å². The van der Waals surface area contributed by atoms with Crippen LogP contribution in [0.5, 0.6) is 0 Å². The van der Waals surface area contributed by atoms with Crippen LogP contribution in [-0.2, 0) is 6.54 Å². The van der Waals surface area contributed by atoms with Crippen LogP contribution < -0.4 is 5.32 Å². The number of halogens is 2. The lowest BCUT2D eigenvalue weighted by molar-refractivity contribution is 0.726. The molecule has 2 aromatic heterocycles. The number of thioether (sulfide) groups is 1. The Morgan fingerprint density at radius 3 is 2.62 bits per heavy atom. The number of pyridine rings is 1. The third-order valence-corrected chi connectivity index (χ3v) is 3.92. The molecule has 0 saturated carbocycles. The first-order valence-electron chi connectivity index (χ1n) is 7.00. The average molecular weight is 385 g/mol. The Hall–Kier alpha value is -1.67. The maximum absolute atomic E-state index is 4.09. The van der Waals surface area contributed by atoms with Crippen molar-refractivity contribution in [3.05, 3.63) is 60.4 Å². The summed E-state index contributed by atoms with van der Waals surface area (Å²) in [7, 11) is 0. The molecule has 0 fully saturated rings. The fourth-order valence-electron chi connectivity index (χ4n) is 1.95. The van der Waals surface area contributed by atoms with Gasteiger partial charge in [0.1, 0.15) is 0 Å². The summed E-state index contributed by atoms with van der Waals surface area (Å²) in [6, 6.07) is 13.9. The van der Waals surface area contributed by atoms with Crippen molar-refractivity contribution in [2.45, 2.75) is 11.7 Å². The smallest absolute Gasteiger partial charge is 0.214 e. The van der Waals surface area contributed by atoms with E-state index < -0.39 is 0 Å². The van der Waals surface area contributed by atoms with Gasteiger partial charge >= 0.3 is 0 Å². The summed E-state index contributed by atoms with van der Waals surface area (Å²) >= 11 is 1.63. The molecule has 1 N–H and O–H groups in total. The molecule has 128 valence electrons. The van der Waals surface area contributed by atoms with Crippen LogP contribution in [0.2, 0.25) is 0 Å². The molecule has 0 radical (unpaired) electrons. The van der Waals surface area contributed by atoms with Crippen LogP contribution in [0.15, 0.2) is 60.0 Å². The van der Waals surface area contributed by atoms with E-state index in [1.165, 1.54) is 5.56 Å². The van der Waals surface area contributed by atoms with Crippen molar-refractivity contribution in [2.75, 3.05) is 12.3 Å². The number of nitrogens with one attached hydrogen (secondary N) is 1. The van der Waals surface area contributed by atoms with Gasteiger partial charge in [-0.05, 0) is 34.2 Å². The standard InChI is InChI=1S/C15H16N6S.2ClH/c1-2-6-14(7-3-1)21-15(18-19-20-21)22-10-9-17-12-13-5-4-8-16-11-13;;/h1-8,11,17H,9-10,12H2;2*1H. The fraction of sp³-hybridized carbons (Fsp3) is 0.200.